The Morgan fingerprint density at radius 1 is 0.500 bits per heavy atom. The number of nitrogens with zero attached hydrogens (tertiary/aromatic N) is 7. The van der Waals surface area contributed by atoms with E-state index in [1.54, 1.807) is 0 Å². The van der Waals surface area contributed by atoms with Crippen molar-refractivity contribution in [2.75, 3.05) is 72.0 Å². The Hall–Kier alpha value is -2.51. The van der Waals surface area contributed by atoms with Crippen molar-refractivity contribution in [3.63, 3.8) is 0 Å². The Bertz CT molecular complexity index is 851. The molecule has 0 bridgehead atoms. The fourth-order valence-electron chi connectivity index (χ4n) is 4.77. The molecule has 0 aliphatic carbocycles. The molecular formula is C23H53ClFN11. The lowest BCUT2D eigenvalue weighted by atomic mass is 10.1. The zero-order valence-corrected chi connectivity index (χ0v) is 22.3. The molecule has 4 heterocycles. The van der Waals surface area contributed by atoms with Crippen LogP contribution in [-0.2, 0) is 0 Å². The average Bonchev–Trinajstić information content (AvgIpc) is 2.85. The molecule has 3 aliphatic heterocycles. The van der Waals surface area contributed by atoms with E-state index in [2.05, 4.69) is 19.6 Å². The van der Waals surface area contributed by atoms with Crippen molar-refractivity contribution in [3.05, 3.63) is 30.1 Å². The number of hydrogen-bond acceptors (Lipinski definition) is 11. The molecule has 3 fully saturated rings. The Morgan fingerprint density at radius 3 is 1.22 bits per heavy atom. The third kappa shape index (κ3) is 7.74. The van der Waals surface area contributed by atoms with E-state index in [1.165, 1.54) is 50.7 Å². The van der Waals surface area contributed by atoms with Crippen LogP contribution in [0.5, 0.6) is 0 Å². The van der Waals surface area contributed by atoms with Crippen molar-refractivity contribution in [1.29, 1.82) is 0 Å². The zero-order valence-electron chi connectivity index (χ0n) is 21.5. The summed E-state index contributed by atoms with van der Waals surface area (Å²) in [5.41, 5.74) is 1.07. The molecule has 0 atom stereocenters. The summed E-state index contributed by atoms with van der Waals surface area (Å²) < 4.78 is 13.3. The summed E-state index contributed by atoms with van der Waals surface area (Å²) >= 11 is 0. The summed E-state index contributed by atoms with van der Waals surface area (Å²) in [6.45, 7) is 7.55. The van der Waals surface area contributed by atoms with E-state index in [9.17, 15) is 4.39 Å². The maximum atomic E-state index is 13.3. The monoisotopic (exact) mass is 537 g/mol. The highest BCUT2D eigenvalue weighted by Crippen LogP contribution is 2.25. The van der Waals surface area contributed by atoms with E-state index < -0.39 is 0 Å². The van der Waals surface area contributed by atoms with Gasteiger partial charge in [0.1, 0.15) is 5.82 Å². The number of halogens is 2. The van der Waals surface area contributed by atoms with E-state index >= 15 is 0 Å². The lowest BCUT2D eigenvalue weighted by Gasteiger charge is -2.37. The molecule has 3 aliphatic rings. The molecule has 0 radical (unpaired) electrons. The van der Waals surface area contributed by atoms with Crippen LogP contribution < -0.4 is 44.2 Å². The van der Waals surface area contributed by atoms with Crippen LogP contribution in [0.25, 0.3) is 0 Å². The van der Waals surface area contributed by atoms with Crippen LogP contribution in [0.15, 0.2) is 24.3 Å². The first kappa shape index (κ1) is 33.5. The molecule has 36 heavy (non-hydrogen) atoms. The maximum absolute atomic E-state index is 13.3. The minimum absolute atomic E-state index is 0. The lowest BCUT2D eigenvalue weighted by molar-refractivity contribution is 0.553. The molecular weight excluding hydrogens is 485 g/mol. The molecule has 0 amide bonds. The van der Waals surface area contributed by atoms with Crippen LogP contribution >= 0.6 is 12.4 Å². The second kappa shape index (κ2) is 15.6. The van der Waals surface area contributed by atoms with Crippen molar-refractivity contribution in [1.82, 2.24) is 39.6 Å². The Kier molecular flexibility index (Phi) is 14.5. The van der Waals surface area contributed by atoms with Crippen LogP contribution in [-0.4, -0.2) is 67.3 Å². The number of hydrogen-bond donors (Lipinski definition) is 4. The Labute approximate surface area is 226 Å². The first-order chi connectivity index (χ1) is 15.3. The second-order valence-corrected chi connectivity index (χ2v) is 8.78. The molecule has 0 unspecified atom stereocenters. The Balaban J connectivity index is -0.000000454. The van der Waals surface area contributed by atoms with Gasteiger partial charge in [0.25, 0.3) is 0 Å². The first-order valence-corrected chi connectivity index (χ1v) is 11.8. The van der Waals surface area contributed by atoms with Gasteiger partial charge >= 0.3 is 0 Å². The summed E-state index contributed by atoms with van der Waals surface area (Å²) in [7, 11) is 0. The normalized spacial score (nSPS) is 17.5. The standard InChI is InChI=1S/C23H32FN7.ClH.4H3N.4H2/c24-19-7-9-20(10-8-19)28-15-17-31(18-16-28)23-26-21(29-11-3-1-4-12-29)25-22(27-23)30-13-5-2-6-14-30;;;;;;;;;/h7-10H,1-6,11-18H2;1H;4*1H3;4*1H. The van der Waals surface area contributed by atoms with Gasteiger partial charge in [-0.2, -0.15) is 15.0 Å². The summed E-state index contributed by atoms with van der Waals surface area (Å²) in [6.07, 6.45) is 7.40. The molecule has 3 saturated heterocycles. The van der Waals surface area contributed by atoms with Gasteiger partial charge < -0.3 is 44.2 Å². The number of anilines is 4. The van der Waals surface area contributed by atoms with E-state index in [0.29, 0.717) is 0 Å². The SMILES string of the molecule is Cl.Fc1ccc(N2CCN(c3nc(N4CCCCC4)nc(N4CCCCC4)n3)CC2)cc1.N.N.N.N.[HH].[HH].[HH].[HH]. The van der Waals surface area contributed by atoms with E-state index in [-0.39, 0.29) is 48.5 Å². The molecule has 0 saturated carbocycles. The summed E-state index contributed by atoms with van der Waals surface area (Å²) in [5, 5.41) is 0. The van der Waals surface area contributed by atoms with E-state index in [1.807, 2.05) is 12.1 Å². The van der Waals surface area contributed by atoms with Crippen LogP contribution in [0.4, 0.5) is 27.9 Å². The highest BCUT2D eigenvalue weighted by atomic mass is 35.5. The average molecular weight is 538 g/mol. The van der Waals surface area contributed by atoms with Gasteiger partial charge in [0.2, 0.25) is 17.8 Å². The fourth-order valence-corrected chi connectivity index (χ4v) is 4.77. The summed E-state index contributed by atoms with van der Waals surface area (Å²) in [6, 6.07) is 6.78. The number of piperazine rings is 1. The molecule has 12 N–H and O–H groups in total. The summed E-state index contributed by atoms with van der Waals surface area (Å²) in [5.74, 6) is 2.29. The molecule has 5 rings (SSSR count). The molecule has 0 spiro atoms. The van der Waals surface area contributed by atoms with Crippen molar-refractivity contribution < 1.29 is 10.1 Å². The number of aromatic nitrogens is 3. The van der Waals surface area contributed by atoms with E-state index in [0.717, 1.165) is 75.9 Å². The second-order valence-electron chi connectivity index (χ2n) is 8.78. The molecule has 1 aromatic carbocycles. The molecule has 13 heteroatoms. The number of rotatable bonds is 4. The number of piperidine rings is 2. The third-order valence-corrected chi connectivity index (χ3v) is 6.63. The number of benzene rings is 1. The third-order valence-electron chi connectivity index (χ3n) is 6.63. The van der Waals surface area contributed by atoms with Crippen molar-refractivity contribution in [2.24, 2.45) is 0 Å². The van der Waals surface area contributed by atoms with Crippen molar-refractivity contribution in [3.8, 4) is 0 Å². The van der Waals surface area contributed by atoms with Gasteiger partial charge in [-0.25, -0.2) is 4.39 Å². The van der Waals surface area contributed by atoms with Gasteiger partial charge in [-0.15, -0.1) is 12.4 Å². The quantitative estimate of drug-likeness (QED) is 0.391. The lowest BCUT2D eigenvalue weighted by Crippen LogP contribution is -2.47. The fraction of sp³-hybridized carbons (Fsp3) is 0.609. The van der Waals surface area contributed by atoms with Gasteiger partial charge in [0.15, 0.2) is 0 Å². The van der Waals surface area contributed by atoms with Crippen LogP contribution in [0.2, 0.25) is 0 Å². The van der Waals surface area contributed by atoms with Crippen LogP contribution in [0, 0.1) is 5.82 Å². The Morgan fingerprint density at radius 2 is 0.833 bits per heavy atom. The van der Waals surface area contributed by atoms with Crippen molar-refractivity contribution in [2.45, 2.75) is 38.5 Å². The smallest absolute Gasteiger partial charge is 0.232 e. The van der Waals surface area contributed by atoms with E-state index in [4.69, 9.17) is 15.0 Å². The van der Waals surface area contributed by atoms with Gasteiger partial charge in [-0.05, 0) is 62.8 Å². The van der Waals surface area contributed by atoms with Crippen LogP contribution in [0.1, 0.15) is 44.2 Å². The van der Waals surface area contributed by atoms with Gasteiger partial charge in [0, 0.05) is 63.8 Å². The minimum atomic E-state index is -0.192. The largest absolute Gasteiger partial charge is 0.368 e. The predicted octanol–water partition coefficient (Wildman–Crippen LogP) is 5.37. The topological polar surface area (TPSA) is 192 Å². The molecule has 1 aromatic heterocycles. The molecule has 11 nitrogen and oxygen atoms in total. The van der Waals surface area contributed by atoms with Crippen LogP contribution in [0.3, 0.4) is 0 Å². The minimum Gasteiger partial charge on any atom is -0.368 e. The van der Waals surface area contributed by atoms with Gasteiger partial charge in [-0.1, -0.05) is 0 Å². The predicted molar refractivity (Wildman–Crippen MR) is 159 cm³/mol. The highest BCUT2D eigenvalue weighted by molar-refractivity contribution is 5.85. The highest BCUT2D eigenvalue weighted by Gasteiger charge is 2.25. The zero-order chi connectivity index (χ0) is 21.0. The van der Waals surface area contributed by atoms with Crippen molar-refractivity contribution >= 4 is 35.9 Å². The van der Waals surface area contributed by atoms with Gasteiger partial charge in [-0.3, -0.25) is 0 Å². The summed E-state index contributed by atoms with van der Waals surface area (Å²) in [4.78, 5) is 24.0. The maximum Gasteiger partial charge on any atom is 0.232 e. The molecule has 214 valence electrons. The molecule has 2 aromatic rings. The first-order valence-electron chi connectivity index (χ1n) is 11.8. The van der Waals surface area contributed by atoms with Gasteiger partial charge in [0.05, 0.1) is 0 Å².